The van der Waals surface area contributed by atoms with E-state index in [1.165, 1.54) is 0 Å². The summed E-state index contributed by atoms with van der Waals surface area (Å²) in [5, 5.41) is 134. The summed E-state index contributed by atoms with van der Waals surface area (Å²) in [4.78, 5) is 0. The van der Waals surface area contributed by atoms with Crippen LogP contribution in [0.4, 0.5) is 0 Å². The summed E-state index contributed by atoms with van der Waals surface area (Å²) in [7, 11) is 1.16. The van der Waals surface area contributed by atoms with Crippen molar-refractivity contribution in [3.63, 3.8) is 0 Å². The Kier molecular flexibility index (Phi) is 13.4. The Hall–Kier alpha value is -0.840. The lowest BCUT2D eigenvalue weighted by molar-refractivity contribution is -0.389. The maximum atomic E-state index is 11.1. The molecule has 21 nitrogen and oxygen atoms in total. The zero-order valence-corrected chi connectivity index (χ0v) is 24.5. The molecule has 0 aromatic heterocycles. The third-order valence-corrected chi connectivity index (χ3v) is 8.45. The number of methoxy groups -OCH3 is 1. The second-order valence-electron chi connectivity index (χ2n) is 11.4. The third-order valence-electron chi connectivity index (χ3n) is 8.45. The van der Waals surface area contributed by atoms with Gasteiger partial charge in [-0.1, -0.05) is 0 Å². The molecular weight excluding hydrogens is 636 g/mol. The van der Waals surface area contributed by atoms with Gasteiger partial charge in [0.2, 0.25) is 0 Å². The van der Waals surface area contributed by atoms with Gasteiger partial charge in [0.1, 0.15) is 97.7 Å². The van der Waals surface area contributed by atoms with E-state index in [2.05, 4.69) is 0 Å². The first-order chi connectivity index (χ1) is 21.8. The molecule has 4 saturated heterocycles. The molecule has 46 heavy (non-hydrogen) atoms. The number of ether oxygens (including phenoxy) is 8. The highest BCUT2D eigenvalue weighted by Crippen LogP contribution is 2.34. The lowest BCUT2D eigenvalue weighted by atomic mass is 9.95. The molecule has 4 heterocycles. The Morgan fingerprint density at radius 1 is 0.391 bits per heavy atom. The van der Waals surface area contributed by atoms with Gasteiger partial charge in [-0.05, 0) is 0 Å². The van der Waals surface area contributed by atoms with Gasteiger partial charge < -0.3 is 104 Å². The molecule has 0 radical (unpaired) electrons. The van der Waals surface area contributed by atoms with E-state index in [9.17, 15) is 66.4 Å². The summed E-state index contributed by atoms with van der Waals surface area (Å²) >= 11 is 0. The van der Waals surface area contributed by atoms with E-state index in [4.69, 9.17) is 37.9 Å². The van der Waals surface area contributed by atoms with Crippen molar-refractivity contribution in [1.29, 1.82) is 0 Å². The summed E-state index contributed by atoms with van der Waals surface area (Å²) in [6, 6.07) is 0. The highest BCUT2D eigenvalue weighted by molar-refractivity contribution is 4.98. The quantitative estimate of drug-likeness (QED) is 0.0963. The van der Waals surface area contributed by atoms with Crippen LogP contribution in [0.15, 0.2) is 0 Å². The molecular formula is C25H44O21. The summed E-state index contributed by atoms with van der Waals surface area (Å²) in [6.45, 7) is -3.29. The average molecular weight is 681 g/mol. The van der Waals surface area contributed by atoms with Crippen LogP contribution in [-0.2, 0) is 37.9 Å². The molecule has 4 rings (SSSR count). The van der Waals surface area contributed by atoms with Crippen molar-refractivity contribution in [1.82, 2.24) is 0 Å². The number of aliphatic hydroxyl groups excluding tert-OH is 13. The topological polar surface area (TPSA) is 337 Å². The van der Waals surface area contributed by atoms with Crippen molar-refractivity contribution in [2.75, 3.05) is 33.5 Å². The summed E-state index contributed by atoms with van der Waals surface area (Å²) in [6.07, 6.45) is -34.5. The molecule has 0 amide bonds. The largest absolute Gasteiger partial charge is 0.394 e. The minimum absolute atomic E-state index is 0.728. The van der Waals surface area contributed by atoms with Crippen molar-refractivity contribution >= 4 is 0 Å². The van der Waals surface area contributed by atoms with E-state index in [0.717, 1.165) is 7.11 Å². The van der Waals surface area contributed by atoms with Gasteiger partial charge in [-0.25, -0.2) is 0 Å². The van der Waals surface area contributed by atoms with Gasteiger partial charge in [-0.2, -0.15) is 0 Å². The molecule has 20 atom stereocenters. The fourth-order valence-corrected chi connectivity index (χ4v) is 5.79. The van der Waals surface area contributed by atoms with E-state index in [1.807, 2.05) is 0 Å². The van der Waals surface area contributed by atoms with Crippen LogP contribution >= 0.6 is 0 Å². The molecule has 8 unspecified atom stereocenters. The fraction of sp³-hybridized carbons (Fsp3) is 1.00. The van der Waals surface area contributed by atoms with E-state index >= 15 is 0 Å². The molecule has 21 heteroatoms. The van der Waals surface area contributed by atoms with E-state index in [-0.39, 0.29) is 0 Å². The van der Waals surface area contributed by atoms with Gasteiger partial charge in [0.25, 0.3) is 0 Å². The second kappa shape index (κ2) is 16.2. The first-order valence-electron chi connectivity index (χ1n) is 14.5. The van der Waals surface area contributed by atoms with Crippen LogP contribution in [0.25, 0.3) is 0 Å². The van der Waals surface area contributed by atoms with Gasteiger partial charge >= 0.3 is 0 Å². The summed E-state index contributed by atoms with van der Waals surface area (Å²) in [5.41, 5.74) is 0. The fourth-order valence-electron chi connectivity index (χ4n) is 5.79. The molecule has 0 spiro atoms. The smallest absolute Gasteiger partial charge is 0.187 e. The SMILES string of the molecule is CO[C@@H]1C(O)[C@H](O[C@@H]2C(O)[C@H](O[C@@H]3C(O)[C@H](O[C@@H]4C(O)[C@H](O)OC(CO)[C@@H]4O)OC(CO)[C@@H]3O)OC(CO)[C@@H]2O)OC(CO)[C@@H]1O. The van der Waals surface area contributed by atoms with Gasteiger partial charge in [0, 0.05) is 7.11 Å². The molecule has 270 valence electrons. The zero-order chi connectivity index (χ0) is 34.0. The van der Waals surface area contributed by atoms with Crippen LogP contribution in [0.2, 0.25) is 0 Å². The molecule has 13 N–H and O–H groups in total. The van der Waals surface area contributed by atoms with Crippen molar-refractivity contribution in [2.45, 2.75) is 123 Å². The van der Waals surface area contributed by atoms with Gasteiger partial charge in [-0.3, -0.25) is 0 Å². The lowest BCUT2D eigenvalue weighted by Crippen LogP contribution is -2.67. The normalized spacial score (nSPS) is 52.0. The Morgan fingerprint density at radius 2 is 0.674 bits per heavy atom. The van der Waals surface area contributed by atoms with E-state index in [0.29, 0.717) is 0 Å². The highest BCUT2D eigenvalue weighted by atomic mass is 16.8. The number of hydrogen-bond donors (Lipinski definition) is 13. The van der Waals surface area contributed by atoms with Crippen LogP contribution in [0.5, 0.6) is 0 Å². The molecule has 4 aliphatic heterocycles. The molecule has 0 bridgehead atoms. The van der Waals surface area contributed by atoms with Gasteiger partial charge in [0.05, 0.1) is 26.4 Å². The molecule has 0 aromatic carbocycles. The number of rotatable bonds is 11. The van der Waals surface area contributed by atoms with E-state index < -0.39 is 149 Å². The minimum Gasteiger partial charge on any atom is -0.394 e. The first-order valence-corrected chi connectivity index (χ1v) is 14.5. The Morgan fingerprint density at radius 3 is 1.00 bits per heavy atom. The predicted molar refractivity (Wildman–Crippen MR) is 139 cm³/mol. The summed E-state index contributed by atoms with van der Waals surface area (Å²) in [5.74, 6) is 0. The van der Waals surface area contributed by atoms with Crippen LogP contribution < -0.4 is 0 Å². The van der Waals surface area contributed by atoms with Crippen molar-refractivity contribution in [2.24, 2.45) is 0 Å². The van der Waals surface area contributed by atoms with Crippen molar-refractivity contribution in [3.8, 4) is 0 Å². The van der Waals surface area contributed by atoms with Crippen LogP contribution in [0.3, 0.4) is 0 Å². The Labute approximate surface area is 261 Å². The Bertz CT molecular complexity index is 934. The van der Waals surface area contributed by atoms with E-state index in [1.54, 1.807) is 0 Å². The standard InChI is InChI=1S/C25H44O21/c1-39-18-10(30)7(3-27)41-23(15(18)35)45-20-12(32)9(5-29)43-25(17(20)37)46-21-13(33)8(4-28)42-24(16(21)36)44-19-11(31)6(2-26)40-22(38)14(19)34/h6-38H,2-5H2,1H3/t6?,7?,8?,9?,10-,11-,12-,13-,14?,15?,16?,17?,18-,19-,20-,21-,22+,23-,24-,25-/m0/s1. The molecule has 0 aliphatic carbocycles. The van der Waals surface area contributed by atoms with Gasteiger partial charge in [0.15, 0.2) is 25.2 Å². The highest BCUT2D eigenvalue weighted by Gasteiger charge is 2.55. The third kappa shape index (κ3) is 7.50. The maximum Gasteiger partial charge on any atom is 0.187 e. The molecule has 0 aromatic rings. The van der Waals surface area contributed by atoms with Crippen LogP contribution in [-0.4, -0.2) is 223 Å². The Balaban J connectivity index is 1.53. The van der Waals surface area contributed by atoms with Crippen LogP contribution in [0.1, 0.15) is 0 Å². The maximum absolute atomic E-state index is 11.1. The average Bonchev–Trinajstić information content (AvgIpc) is 3.04. The second-order valence-corrected chi connectivity index (χ2v) is 11.4. The minimum atomic E-state index is -2.03. The predicted octanol–water partition coefficient (Wildman–Crippen LogP) is -9.09. The number of hydrogen-bond acceptors (Lipinski definition) is 21. The van der Waals surface area contributed by atoms with Gasteiger partial charge in [-0.15, -0.1) is 0 Å². The number of aliphatic hydroxyl groups is 13. The summed E-state index contributed by atoms with van der Waals surface area (Å²) < 4.78 is 43.0. The molecule has 4 fully saturated rings. The molecule has 4 aliphatic rings. The monoisotopic (exact) mass is 680 g/mol. The molecule has 0 saturated carbocycles. The zero-order valence-electron chi connectivity index (χ0n) is 24.5. The van der Waals surface area contributed by atoms with Crippen LogP contribution in [0, 0.1) is 0 Å². The van der Waals surface area contributed by atoms with Crippen molar-refractivity contribution < 1.29 is 104 Å². The first kappa shape index (κ1) is 38.0. The lowest BCUT2D eigenvalue weighted by Gasteiger charge is -2.49. The van der Waals surface area contributed by atoms with Crippen molar-refractivity contribution in [3.05, 3.63) is 0 Å².